The monoisotopic (exact) mass is 1350 g/mol. The van der Waals surface area contributed by atoms with E-state index in [9.17, 15) is 14.7 Å². The standard InChI is InChI=1S/C12H13BrO.C12H17BrO.C12H15Br.C10H11BrO2.C10H13Br.C2H6.CH3.BrH.Mg/c1-12(2)6-5-11(14)9-7-8(13)3-4-10(9)12;1-12(2,14)8-4-6-10-5-3-7-11(13)9-10;1-12(2)7-3-4-9-8-10(13)5-6-11(9)12;1-2-13-10(12)7-8-4-3-5-9(11)6-8;1-2-3-5-9-6-4-7-10(11)8-9;1-2;;;/h3-4,7H,5-6H2,1-2H3;3,5,7,9,14H,4,6,8H2,1-2H3;5-6,8H,3-4,7H2,1-2H3;3-6H,2,7H2,1H3;4,6-8H,2-3,5H2,1H3;1-2H3;1H3;1H;/q;;;;;;-1;;+2/p-1. The number of ether oxygens (including phenoxy) is 1. The Morgan fingerprint density at radius 2 is 1.10 bits per heavy atom. The first kappa shape index (κ1) is 70.9. The van der Waals surface area contributed by atoms with Crippen LogP contribution in [0.1, 0.15) is 164 Å². The van der Waals surface area contributed by atoms with E-state index in [0.29, 0.717) is 24.9 Å². The van der Waals surface area contributed by atoms with Crippen molar-refractivity contribution in [3.63, 3.8) is 0 Å². The summed E-state index contributed by atoms with van der Waals surface area (Å²) in [6.07, 6.45) is 12.5. The number of fused-ring (bicyclic) bond motifs is 2. The minimum Gasteiger partial charge on any atom is -1.00 e. The molecule has 0 fully saturated rings. The van der Waals surface area contributed by atoms with Crippen molar-refractivity contribution in [3.05, 3.63) is 178 Å². The molecule has 70 heavy (non-hydrogen) atoms. The first-order valence-electron chi connectivity index (χ1n) is 23.9. The number of carbonyl (C=O) groups is 2. The van der Waals surface area contributed by atoms with Crippen LogP contribution in [-0.4, -0.2) is 52.1 Å². The van der Waals surface area contributed by atoms with Crippen LogP contribution in [0, 0.1) is 7.43 Å². The summed E-state index contributed by atoms with van der Waals surface area (Å²) in [5, 5.41) is 9.54. The molecule has 5 aromatic rings. The predicted molar refractivity (Wildman–Crippen MR) is 315 cm³/mol. The zero-order valence-electron chi connectivity index (χ0n) is 43.7. The SMILES string of the molecule is CC.CC(C)(O)CCCc1cccc(Br)c1.CC1(C)CCC(=O)c2cc(Br)ccc21.CC1(C)CCCc2cc(Br)ccc21.CCCCc1cccc(Br)c1.CCOC(=O)Cc1cccc(Br)c1.[Br-].[CH3-].[Mg+2]. The van der Waals surface area contributed by atoms with Crippen molar-refractivity contribution in [2.75, 3.05) is 6.61 Å². The van der Waals surface area contributed by atoms with Gasteiger partial charge in [0.2, 0.25) is 0 Å². The van der Waals surface area contributed by atoms with Crippen molar-refractivity contribution in [1.29, 1.82) is 0 Å². The number of hydrogen-bond donors (Lipinski definition) is 1. The number of Topliss-reactive ketones (excluding diaryl/α,β-unsaturated/α-hetero) is 1. The van der Waals surface area contributed by atoms with Crippen molar-refractivity contribution in [3.8, 4) is 0 Å². The Bertz CT molecular complexity index is 2270. The van der Waals surface area contributed by atoms with Crippen molar-refractivity contribution in [1.82, 2.24) is 0 Å². The first-order valence-corrected chi connectivity index (χ1v) is 27.8. The molecule has 0 saturated heterocycles. The molecule has 0 saturated carbocycles. The van der Waals surface area contributed by atoms with Crippen LogP contribution in [0.5, 0.6) is 0 Å². The number of rotatable bonds is 10. The van der Waals surface area contributed by atoms with Crippen LogP contribution in [0.3, 0.4) is 0 Å². The summed E-state index contributed by atoms with van der Waals surface area (Å²) in [6.45, 7) is 21.3. The van der Waals surface area contributed by atoms with E-state index in [1.807, 2.05) is 76.2 Å². The van der Waals surface area contributed by atoms with E-state index < -0.39 is 5.60 Å². The van der Waals surface area contributed by atoms with E-state index in [1.54, 1.807) is 12.5 Å². The second-order valence-electron chi connectivity index (χ2n) is 18.7. The molecule has 1 N–H and O–H groups in total. The van der Waals surface area contributed by atoms with E-state index >= 15 is 0 Å². The van der Waals surface area contributed by atoms with Gasteiger partial charge in [0.05, 0.1) is 18.6 Å². The Kier molecular flexibility index (Phi) is 37.2. The molecule has 2 aliphatic carbocycles. The van der Waals surface area contributed by atoms with Gasteiger partial charge in [-0.2, -0.15) is 0 Å². The van der Waals surface area contributed by atoms with E-state index in [1.165, 1.54) is 69.7 Å². The summed E-state index contributed by atoms with van der Waals surface area (Å²) >= 11 is 17.2. The van der Waals surface area contributed by atoms with Gasteiger partial charge in [-0.05, 0) is 183 Å². The summed E-state index contributed by atoms with van der Waals surface area (Å²) in [5.41, 5.74) is 8.88. The molecule has 7 rings (SSSR count). The van der Waals surface area contributed by atoms with Crippen LogP contribution in [-0.2, 0) is 46.0 Å². The number of hydrogen-bond acceptors (Lipinski definition) is 4. The third-order valence-corrected chi connectivity index (χ3v) is 13.9. The van der Waals surface area contributed by atoms with Crippen LogP contribution in [0.4, 0.5) is 0 Å². The number of aryl methyl sites for hydroxylation is 3. The summed E-state index contributed by atoms with van der Waals surface area (Å²) in [7, 11) is 0. The average molecular weight is 1350 g/mol. The summed E-state index contributed by atoms with van der Waals surface area (Å²) in [5.74, 6) is 0.0984. The van der Waals surface area contributed by atoms with Gasteiger partial charge in [0.1, 0.15) is 0 Å². The van der Waals surface area contributed by atoms with Crippen molar-refractivity contribution in [2.45, 2.75) is 163 Å². The zero-order valence-corrected chi connectivity index (χ0v) is 54.7. The van der Waals surface area contributed by atoms with Gasteiger partial charge in [0.25, 0.3) is 0 Å². The van der Waals surface area contributed by atoms with Gasteiger partial charge in [0, 0.05) is 34.3 Å². The van der Waals surface area contributed by atoms with Crippen LogP contribution in [0.2, 0.25) is 0 Å². The Labute approximate surface area is 493 Å². The van der Waals surface area contributed by atoms with Crippen molar-refractivity contribution in [2.24, 2.45) is 0 Å². The quantitative estimate of drug-likeness (QED) is 0.0860. The molecule has 382 valence electrons. The predicted octanol–water partition coefficient (Wildman–Crippen LogP) is 15.8. The van der Waals surface area contributed by atoms with Crippen molar-refractivity contribution >= 4 is 114 Å². The molecule has 0 aromatic heterocycles. The molecule has 0 aliphatic heterocycles. The number of benzene rings is 5. The molecule has 11 heteroatoms. The largest absolute Gasteiger partial charge is 2.00 e. The maximum atomic E-state index is 11.7. The number of halogens is 6. The number of esters is 1. The van der Waals surface area contributed by atoms with Crippen LogP contribution < -0.4 is 17.0 Å². The Morgan fingerprint density at radius 3 is 1.60 bits per heavy atom. The molecule has 5 aromatic carbocycles. The molecular formula is C59H78Br6MgO4. The molecule has 0 radical (unpaired) electrons. The summed E-state index contributed by atoms with van der Waals surface area (Å²) in [6, 6.07) is 37.2. The maximum Gasteiger partial charge on any atom is 2.00 e. The van der Waals surface area contributed by atoms with E-state index in [-0.39, 0.29) is 64.6 Å². The van der Waals surface area contributed by atoms with Gasteiger partial charge >= 0.3 is 29.0 Å². The zero-order chi connectivity index (χ0) is 50.2. The van der Waals surface area contributed by atoms with E-state index in [2.05, 4.69) is 175 Å². The van der Waals surface area contributed by atoms with Gasteiger partial charge in [-0.1, -0.05) is 183 Å². The molecule has 0 atom stereocenters. The Balaban J connectivity index is 0. The average Bonchev–Trinajstić information content (AvgIpc) is 3.25. The fraction of sp³-hybridized carbons (Fsp3) is 0.441. The number of aliphatic hydroxyl groups is 1. The fourth-order valence-corrected chi connectivity index (χ4v) is 9.94. The number of unbranched alkanes of at least 4 members (excludes halogenated alkanes) is 1. The Hall–Kier alpha value is -1.15. The van der Waals surface area contributed by atoms with Crippen LogP contribution in [0.25, 0.3) is 0 Å². The van der Waals surface area contributed by atoms with E-state index in [0.717, 1.165) is 50.2 Å². The number of carbonyl (C=O) groups excluding carboxylic acids is 2. The first-order chi connectivity index (χ1) is 31.6. The number of ketones is 1. The molecule has 0 amide bonds. The van der Waals surface area contributed by atoms with Gasteiger partial charge in [-0.3, -0.25) is 9.59 Å². The second kappa shape index (κ2) is 36.7. The van der Waals surface area contributed by atoms with Gasteiger partial charge in [0.15, 0.2) is 5.78 Å². The fourth-order valence-electron chi connectivity index (χ4n) is 7.83. The van der Waals surface area contributed by atoms with Gasteiger partial charge < -0.3 is 34.3 Å². The summed E-state index contributed by atoms with van der Waals surface area (Å²) in [4.78, 5) is 22.8. The molecular weight excluding hydrogens is 1280 g/mol. The minimum atomic E-state index is -0.536. The topological polar surface area (TPSA) is 63.6 Å². The molecule has 0 heterocycles. The molecule has 0 bridgehead atoms. The summed E-state index contributed by atoms with van der Waals surface area (Å²) < 4.78 is 10.3. The van der Waals surface area contributed by atoms with Crippen LogP contribution >= 0.6 is 79.6 Å². The van der Waals surface area contributed by atoms with Crippen molar-refractivity contribution < 1.29 is 36.4 Å². The third kappa shape index (κ3) is 27.9. The van der Waals surface area contributed by atoms with Gasteiger partial charge in [-0.15, -0.1) is 0 Å². The maximum absolute atomic E-state index is 11.7. The Morgan fingerprint density at radius 1 is 0.643 bits per heavy atom. The van der Waals surface area contributed by atoms with Crippen LogP contribution in [0.15, 0.2) is 132 Å². The smallest absolute Gasteiger partial charge is 1.00 e. The molecule has 0 spiro atoms. The minimum absolute atomic E-state index is 0. The van der Waals surface area contributed by atoms with E-state index in [4.69, 9.17) is 4.74 Å². The molecule has 2 aliphatic rings. The van der Waals surface area contributed by atoms with Gasteiger partial charge in [-0.25, -0.2) is 0 Å². The molecule has 4 nitrogen and oxygen atoms in total. The molecule has 0 unspecified atom stereocenters. The second-order valence-corrected chi connectivity index (χ2v) is 23.3. The normalized spacial score (nSPS) is 13.3. The third-order valence-electron chi connectivity index (χ3n) is 11.4.